The highest BCUT2D eigenvalue weighted by Crippen LogP contribution is 2.42. The number of rotatable bonds is 2. The van der Waals surface area contributed by atoms with Crippen LogP contribution in [0.4, 0.5) is 0 Å². The average Bonchev–Trinajstić information content (AvgIpc) is 2.31. The molecule has 0 heterocycles. The van der Waals surface area contributed by atoms with Gasteiger partial charge in [0.2, 0.25) is 0 Å². The third-order valence-corrected chi connectivity index (χ3v) is 3.95. The molecule has 0 fully saturated rings. The van der Waals surface area contributed by atoms with E-state index in [0.717, 1.165) is 11.1 Å². The van der Waals surface area contributed by atoms with E-state index in [1.165, 1.54) is 0 Å². The van der Waals surface area contributed by atoms with Gasteiger partial charge < -0.3 is 0 Å². The van der Waals surface area contributed by atoms with Crippen molar-refractivity contribution in [3.63, 3.8) is 0 Å². The minimum Gasteiger partial charge on any atom is -0.0971 e. The van der Waals surface area contributed by atoms with E-state index in [-0.39, 0.29) is 0 Å². The summed E-state index contributed by atoms with van der Waals surface area (Å²) in [6, 6.07) is 20.2. The number of alkyl halides is 2. The third kappa shape index (κ3) is 2.34. The van der Waals surface area contributed by atoms with Crippen LogP contribution in [0.1, 0.15) is 11.1 Å². The second-order valence-corrected chi connectivity index (χ2v) is 6.13. The standard InChI is InChI=1S/C13H10ClI/c14-13(15,11-7-3-1-4-8-11)12-9-5-2-6-10-12/h1-10H. The molecule has 2 rings (SSSR count). The number of hydrogen-bond donors (Lipinski definition) is 0. The van der Waals surface area contributed by atoms with Gasteiger partial charge in [-0.3, -0.25) is 0 Å². The molecule has 2 aromatic carbocycles. The molecule has 0 saturated carbocycles. The summed E-state index contributed by atoms with van der Waals surface area (Å²) in [5, 5.41) is 0. The Labute approximate surface area is 108 Å². The molecule has 0 aliphatic carbocycles. The summed E-state index contributed by atoms with van der Waals surface area (Å²) in [7, 11) is 0. The van der Waals surface area contributed by atoms with E-state index in [9.17, 15) is 0 Å². The Morgan fingerprint density at radius 2 is 1.07 bits per heavy atom. The van der Waals surface area contributed by atoms with Crippen molar-refractivity contribution in [3.05, 3.63) is 71.8 Å². The van der Waals surface area contributed by atoms with Gasteiger partial charge in [-0.25, -0.2) is 0 Å². The molecule has 0 atom stereocenters. The lowest BCUT2D eigenvalue weighted by Gasteiger charge is -2.20. The van der Waals surface area contributed by atoms with Gasteiger partial charge >= 0.3 is 0 Å². The molecule has 0 aliphatic heterocycles. The quantitative estimate of drug-likeness (QED) is 0.560. The fourth-order valence-corrected chi connectivity index (χ4v) is 2.43. The van der Waals surface area contributed by atoms with Crippen LogP contribution in [0.25, 0.3) is 0 Å². The first-order valence-corrected chi connectivity index (χ1v) is 6.16. The van der Waals surface area contributed by atoms with Crippen molar-refractivity contribution in [2.24, 2.45) is 0 Å². The Hall–Kier alpha value is -0.540. The summed E-state index contributed by atoms with van der Waals surface area (Å²) >= 11 is 8.85. The maximum Gasteiger partial charge on any atom is 0.145 e. The molecule has 0 N–H and O–H groups in total. The Morgan fingerprint density at radius 1 is 0.733 bits per heavy atom. The van der Waals surface area contributed by atoms with Gasteiger partial charge in [-0.15, -0.1) is 0 Å². The minimum absolute atomic E-state index is 0.472. The van der Waals surface area contributed by atoms with Gasteiger partial charge in [-0.1, -0.05) is 94.9 Å². The zero-order valence-corrected chi connectivity index (χ0v) is 10.9. The maximum absolute atomic E-state index is 6.57. The molecular weight excluding hydrogens is 319 g/mol. The Balaban J connectivity index is 2.44. The maximum atomic E-state index is 6.57. The SMILES string of the molecule is ClC(I)(c1ccccc1)c1ccccc1. The molecule has 76 valence electrons. The van der Waals surface area contributed by atoms with Crippen LogP contribution in [0, 0.1) is 0 Å². The van der Waals surface area contributed by atoms with E-state index >= 15 is 0 Å². The highest BCUT2D eigenvalue weighted by Gasteiger charge is 2.27. The smallest absolute Gasteiger partial charge is 0.0971 e. The molecule has 15 heavy (non-hydrogen) atoms. The largest absolute Gasteiger partial charge is 0.145 e. The lowest BCUT2D eigenvalue weighted by atomic mass is 10.0. The van der Waals surface area contributed by atoms with Crippen LogP contribution in [0.5, 0.6) is 0 Å². The van der Waals surface area contributed by atoms with Crippen molar-refractivity contribution in [1.82, 2.24) is 0 Å². The Kier molecular flexibility index (Phi) is 3.32. The average molecular weight is 329 g/mol. The number of halogens is 2. The normalized spacial score (nSPS) is 11.3. The van der Waals surface area contributed by atoms with Crippen molar-refractivity contribution in [2.75, 3.05) is 0 Å². The van der Waals surface area contributed by atoms with Crippen molar-refractivity contribution in [2.45, 2.75) is 2.88 Å². The molecular formula is C13H10ClI. The molecule has 0 bridgehead atoms. The summed E-state index contributed by atoms with van der Waals surface area (Å²) in [4.78, 5) is 0. The second-order valence-electron chi connectivity index (χ2n) is 3.31. The lowest BCUT2D eigenvalue weighted by Crippen LogP contribution is -2.10. The molecule has 0 saturated heterocycles. The van der Waals surface area contributed by atoms with Crippen LogP contribution >= 0.6 is 34.2 Å². The predicted molar refractivity (Wildman–Crippen MR) is 73.5 cm³/mol. The van der Waals surface area contributed by atoms with Gasteiger partial charge in [-0.2, -0.15) is 0 Å². The first-order chi connectivity index (χ1) is 7.21. The molecule has 0 spiro atoms. The van der Waals surface area contributed by atoms with Crippen LogP contribution < -0.4 is 0 Å². The number of benzene rings is 2. The molecule has 0 amide bonds. The fraction of sp³-hybridized carbons (Fsp3) is 0.0769. The Bertz CT molecular complexity index is 381. The summed E-state index contributed by atoms with van der Waals surface area (Å²) in [6.45, 7) is 0. The summed E-state index contributed by atoms with van der Waals surface area (Å²) in [5.41, 5.74) is 2.22. The molecule has 2 aromatic rings. The van der Waals surface area contributed by atoms with E-state index in [1.807, 2.05) is 60.7 Å². The molecule has 0 aromatic heterocycles. The van der Waals surface area contributed by atoms with Crippen molar-refractivity contribution >= 4 is 34.2 Å². The first-order valence-electron chi connectivity index (χ1n) is 4.70. The van der Waals surface area contributed by atoms with Crippen molar-refractivity contribution in [1.29, 1.82) is 0 Å². The van der Waals surface area contributed by atoms with Gasteiger partial charge in [0, 0.05) is 0 Å². The van der Waals surface area contributed by atoms with Crippen molar-refractivity contribution < 1.29 is 0 Å². The Morgan fingerprint density at radius 3 is 1.40 bits per heavy atom. The van der Waals surface area contributed by atoms with E-state index in [1.54, 1.807) is 0 Å². The number of hydrogen-bond acceptors (Lipinski definition) is 0. The van der Waals surface area contributed by atoms with E-state index in [0.29, 0.717) is 0 Å². The molecule has 0 unspecified atom stereocenters. The van der Waals surface area contributed by atoms with E-state index in [4.69, 9.17) is 11.6 Å². The van der Waals surface area contributed by atoms with Gasteiger partial charge in [0.25, 0.3) is 0 Å². The van der Waals surface area contributed by atoms with Crippen LogP contribution in [0.2, 0.25) is 0 Å². The summed E-state index contributed by atoms with van der Waals surface area (Å²) < 4.78 is -0.472. The van der Waals surface area contributed by atoms with Gasteiger partial charge in [0.1, 0.15) is 2.88 Å². The van der Waals surface area contributed by atoms with Gasteiger partial charge in [0.15, 0.2) is 0 Å². The molecule has 0 aliphatic rings. The van der Waals surface area contributed by atoms with Crippen LogP contribution in [0.15, 0.2) is 60.7 Å². The van der Waals surface area contributed by atoms with Gasteiger partial charge in [0.05, 0.1) is 0 Å². The van der Waals surface area contributed by atoms with Crippen LogP contribution in [-0.4, -0.2) is 0 Å². The highest BCUT2D eigenvalue weighted by atomic mass is 127. The first kappa shape index (κ1) is 11.0. The minimum atomic E-state index is -0.472. The molecule has 0 radical (unpaired) electrons. The molecule has 2 heteroatoms. The molecule has 0 nitrogen and oxygen atoms in total. The topological polar surface area (TPSA) is 0 Å². The van der Waals surface area contributed by atoms with Crippen LogP contribution in [0.3, 0.4) is 0 Å². The lowest BCUT2D eigenvalue weighted by molar-refractivity contribution is 1.10. The zero-order valence-electron chi connectivity index (χ0n) is 8.03. The second kappa shape index (κ2) is 4.54. The predicted octanol–water partition coefficient (Wildman–Crippen LogP) is 4.56. The van der Waals surface area contributed by atoms with Crippen LogP contribution in [-0.2, 0) is 2.88 Å². The van der Waals surface area contributed by atoms with Gasteiger partial charge in [-0.05, 0) is 11.1 Å². The third-order valence-electron chi connectivity index (χ3n) is 2.27. The highest BCUT2D eigenvalue weighted by molar-refractivity contribution is 14.1. The fourth-order valence-electron chi connectivity index (χ4n) is 1.46. The van der Waals surface area contributed by atoms with E-state index in [2.05, 4.69) is 22.6 Å². The zero-order chi connectivity index (χ0) is 10.7. The summed E-state index contributed by atoms with van der Waals surface area (Å²) in [5.74, 6) is 0. The van der Waals surface area contributed by atoms with Crippen molar-refractivity contribution in [3.8, 4) is 0 Å². The monoisotopic (exact) mass is 328 g/mol. The summed E-state index contributed by atoms with van der Waals surface area (Å²) in [6.07, 6.45) is 0. The van der Waals surface area contributed by atoms with E-state index < -0.39 is 2.88 Å².